The number of nitrogens with one attached hydrogen (secondary N) is 2. The zero-order chi connectivity index (χ0) is 22.3. The molecule has 31 heavy (non-hydrogen) atoms. The highest BCUT2D eigenvalue weighted by molar-refractivity contribution is 5.81. The number of guanidine groups is 1. The van der Waals surface area contributed by atoms with Crippen molar-refractivity contribution in [2.24, 2.45) is 4.99 Å². The van der Waals surface area contributed by atoms with Crippen molar-refractivity contribution in [1.29, 1.82) is 0 Å². The van der Waals surface area contributed by atoms with Gasteiger partial charge in [0, 0.05) is 57.8 Å². The molecule has 0 unspecified atom stereocenters. The fraction of sp³-hybridized carbons (Fsp3) is 0.545. The Bertz CT molecular complexity index is 865. The highest BCUT2D eigenvalue weighted by Crippen LogP contribution is 2.22. The number of piperazine rings is 1. The minimum absolute atomic E-state index is 0.0748. The molecular formula is C22H33N7O2. The summed E-state index contributed by atoms with van der Waals surface area (Å²) in [4.78, 5) is 29.6. The molecule has 9 heteroatoms. The van der Waals surface area contributed by atoms with E-state index in [0.717, 1.165) is 24.7 Å². The fourth-order valence-electron chi connectivity index (χ4n) is 3.29. The summed E-state index contributed by atoms with van der Waals surface area (Å²) >= 11 is 0. The Labute approximate surface area is 184 Å². The number of hydrogen-bond acceptors (Lipinski definition) is 6. The summed E-state index contributed by atoms with van der Waals surface area (Å²) < 4.78 is 5.78. The van der Waals surface area contributed by atoms with Crippen molar-refractivity contribution in [3.8, 4) is 0 Å². The molecule has 0 aromatic carbocycles. The van der Waals surface area contributed by atoms with Gasteiger partial charge in [0.2, 0.25) is 11.8 Å². The lowest BCUT2D eigenvalue weighted by molar-refractivity contribution is -0.131. The van der Waals surface area contributed by atoms with Gasteiger partial charge in [0.25, 0.3) is 0 Å². The van der Waals surface area contributed by atoms with Crippen molar-refractivity contribution in [2.45, 2.75) is 39.2 Å². The minimum Gasteiger partial charge on any atom is -0.443 e. The third-order valence-electron chi connectivity index (χ3n) is 5.16. The molecule has 9 nitrogen and oxygen atoms in total. The molecule has 2 aromatic heterocycles. The Morgan fingerprint density at radius 3 is 2.55 bits per heavy atom. The average molecular weight is 428 g/mol. The molecule has 168 valence electrons. The Kier molecular flexibility index (Phi) is 7.49. The van der Waals surface area contributed by atoms with Crippen LogP contribution in [0.3, 0.4) is 0 Å². The van der Waals surface area contributed by atoms with Crippen LogP contribution < -0.4 is 15.5 Å². The van der Waals surface area contributed by atoms with Gasteiger partial charge < -0.3 is 24.9 Å². The zero-order valence-electron chi connectivity index (χ0n) is 18.9. The number of pyridine rings is 1. The second kappa shape index (κ2) is 10.3. The van der Waals surface area contributed by atoms with Crippen LogP contribution in [0.5, 0.6) is 0 Å². The molecule has 2 aromatic rings. The quantitative estimate of drug-likeness (QED) is 0.535. The van der Waals surface area contributed by atoms with Crippen LogP contribution in [0.2, 0.25) is 0 Å². The van der Waals surface area contributed by atoms with Gasteiger partial charge in [-0.05, 0) is 12.1 Å². The number of aliphatic imine (C=N–C) groups is 1. The molecule has 3 heterocycles. The molecule has 1 aliphatic heterocycles. The number of carbonyl (C=O) groups excluding carboxylic acids is 1. The molecule has 0 atom stereocenters. The predicted molar refractivity (Wildman–Crippen MR) is 121 cm³/mol. The van der Waals surface area contributed by atoms with Crippen LogP contribution in [-0.4, -0.2) is 66.5 Å². The molecule has 1 saturated heterocycles. The number of hydrogen-bond donors (Lipinski definition) is 2. The van der Waals surface area contributed by atoms with Crippen molar-refractivity contribution in [3.63, 3.8) is 0 Å². The van der Waals surface area contributed by atoms with E-state index >= 15 is 0 Å². The van der Waals surface area contributed by atoms with Crippen LogP contribution in [0.1, 0.15) is 38.8 Å². The molecule has 1 fully saturated rings. The Balaban J connectivity index is 1.37. The van der Waals surface area contributed by atoms with Crippen molar-refractivity contribution in [3.05, 3.63) is 42.2 Å². The number of rotatable bonds is 6. The van der Waals surface area contributed by atoms with Crippen molar-refractivity contribution in [2.75, 3.05) is 44.7 Å². The normalized spacial score (nSPS) is 15.2. The van der Waals surface area contributed by atoms with E-state index in [9.17, 15) is 4.79 Å². The van der Waals surface area contributed by atoms with Gasteiger partial charge in [-0.1, -0.05) is 26.8 Å². The van der Waals surface area contributed by atoms with Crippen LogP contribution in [-0.2, 0) is 16.8 Å². The van der Waals surface area contributed by atoms with Gasteiger partial charge in [-0.2, -0.15) is 0 Å². The predicted octanol–water partition coefficient (Wildman–Crippen LogP) is 1.77. The van der Waals surface area contributed by atoms with Crippen molar-refractivity contribution < 1.29 is 9.21 Å². The summed E-state index contributed by atoms with van der Waals surface area (Å²) in [7, 11) is 1.70. The molecular weight excluding hydrogens is 394 g/mol. The topological polar surface area (TPSA) is 98.9 Å². The van der Waals surface area contributed by atoms with Crippen LogP contribution in [0.15, 0.2) is 40.0 Å². The molecule has 2 N–H and O–H groups in total. The first-order chi connectivity index (χ1) is 14.9. The first-order valence-corrected chi connectivity index (χ1v) is 10.7. The maximum absolute atomic E-state index is 12.6. The van der Waals surface area contributed by atoms with Gasteiger partial charge in [0.15, 0.2) is 5.96 Å². The van der Waals surface area contributed by atoms with Crippen LogP contribution >= 0.6 is 0 Å². The summed E-state index contributed by atoms with van der Waals surface area (Å²) in [6, 6.07) is 5.90. The molecule has 3 rings (SSSR count). The van der Waals surface area contributed by atoms with E-state index in [-0.39, 0.29) is 11.3 Å². The third-order valence-corrected chi connectivity index (χ3v) is 5.16. The molecule has 0 spiro atoms. The van der Waals surface area contributed by atoms with Gasteiger partial charge in [0.1, 0.15) is 11.6 Å². The Hall–Kier alpha value is -3.10. The lowest BCUT2D eigenvalue weighted by Gasteiger charge is -2.35. The second-order valence-corrected chi connectivity index (χ2v) is 8.53. The van der Waals surface area contributed by atoms with E-state index < -0.39 is 0 Å². The Morgan fingerprint density at radius 1 is 1.16 bits per heavy atom. The molecule has 0 radical (unpaired) electrons. The number of nitrogens with zero attached hydrogens (tertiary/aromatic N) is 5. The highest BCUT2D eigenvalue weighted by atomic mass is 16.4. The lowest BCUT2D eigenvalue weighted by Crippen LogP contribution is -2.49. The standard InChI is InChI=1S/C22H33N7O2/c1-22(2,3)17-15-26-19(31-17)16-27-21(23-4)25-10-8-20(30)29-13-11-28(12-14-29)18-7-5-6-9-24-18/h5-7,9,15H,8,10-14,16H2,1-4H3,(H2,23,25,27). The first kappa shape index (κ1) is 22.6. The van der Waals surface area contributed by atoms with E-state index in [4.69, 9.17) is 4.42 Å². The van der Waals surface area contributed by atoms with Crippen LogP contribution in [0.4, 0.5) is 5.82 Å². The Morgan fingerprint density at radius 2 is 1.94 bits per heavy atom. The number of oxazole rings is 1. The molecule has 0 bridgehead atoms. The molecule has 0 saturated carbocycles. The SMILES string of the molecule is CN=C(NCCC(=O)N1CCN(c2ccccn2)CC1)NCc1ncc(C(C)(C)C)o1. The van der Waals surface area contributed by atoms with E-state index in [1.165, 1.54) is 0 Å². The number of carbonyl (C=O) groups is 1. The lowest BCUT2D eigenvalue weighted by atomic mass is 9.94. The number of amides is 1. The van der Waals surface area contributed by atoms with E-state index in [0.29, 0.717) is 44.5 Å². The van der Waals surface area contributed by atoms with Gasteiger partial charge >= 0.3 is 0 Å². The monoisotopic (exact) mass is 427 g/mol. The van der Waals surface area contributed by atoms with Crippen LogP contribution in [0.25, 0.3) is 0 Å². The number of anilines is 1. The van der Waals surface area contributed by atoms with Gasteiger partial charge in [-0.15, -0.1) is 0 Å². The minimum atomic E-state index is -0.0748. The van der Waals surface area contributed by atoms with Crippen molar-refractivity contribution >= 4 is 17.7 Å². The van der Waals surface area contributed by atoms with E-state index in [2.05, 4.69) is 51.3 Å². The summed E-state index contributed by atoms with van der Waals surface area (Å²) in [6.45, 7) is 10.2. The smallest absolute Gasteiger partial charge is 0.224 e. The molecule has 1 aliphatic rings. The maximum atomic E-state index is 12.6. The fourth-order valence-corrected chi connectivity index (χ4v) is 3.29. The van der Waals surface area contributed by atoms with E-state index in [1.54, 1.807) is 19.4 Å². The summed E-state index contributed by atoms with van der Waals surface area (Å²) in [5.41, 5.74) is -0.0748. The third kappa shape index (κ3) is 6.44. The van der Waals surface area contributed by atoms with Gasteiger partial charge in [-0.25, -0.2) is 9.97 Å². The average Bonchev–Trinajstić information content (AvgIpc) is 3.26. The first-order valence-electron chi connectivity index (χ1n) is 10.7. The largest absolute Gasteiger partial charge is 0.443 e. The summed E-state index contributed by atoms with van der Waals surface area (Å²) in [5, 5.41) is 6.35. The van der Waals surface area contributed by atoms with Crippen LogP contribution in [0, 0.1) is 0 Å². The van der Waals surface area contributed by atoms with E-state index in [1.807, 2.05) is 23.1 Å². The molecule has 1 amide bonds. The second-order valence-electron chi connectivity index (χ2n) is 8.53. The van der Waals surface area contributed by atoms with Gasteiger partial charge in [0.05, 0.1) is 12.7 Å². The summed E-state index contributed by atoms with van der Waals surface area (Å²) in [5.74, 6) is 3.18. The molecule has 0 aliphatic carbocycles. The highest BCUT2D eigenvalue weighted by Gasteiger charge is 2.22. The maximum Gasteiger partial charge on any atom is 0.224 e. The zero-order valence-corrected chi connectivity index (χ0v) is 18.9. The van der Waals surface area contributed by atoms with Crippen molar-refractivity contribution in [1.82, 2.24) is 25.5 Å². The number of aromatic nitrogens is 2. The summed E-state index contributed by atoms with van der Waals surface area (Å²) in [6.07, 6.45) is 3.97. The van der Waals surface area contributed by atoms with Gasteiger partial charge in [-0.3, -0.25) is 9.79 Å².